The SMILES string of the molecule is CCCCP(CCCC)(CCCC)(CCCC)OS(=O)(=O)O. The average molecular weight is 357 g/mol. The van der Waals surface area contributed by atoms with Gasteiger partial charge in [0.15, 0.2) is 0 Å². The van der Waals surface area contributed by atoms with Crippen LogP contribution in [0.4, 0.5) is 0 Å². The van der Waals surface area contributed by atoms with Gasteiger partial charge in [-0.05, 0) is 0 Å². The summed E-state index contributed by atoms with van der Waals surface area (Å²) in [4.78, 5) is 0. The van der Waals surface area contributed by atoms with Crippen LogP contribution in [0.2, 0.25) is 0 Å². The van der Waals surface area contributed by atoms with E-state index in [1.54, 1.807) is 0 Å². The minimum absolute atomic E-state index is 0.835. The topological polar surface area (TPSA) is 63.6 Å². The van der Waals surface area contributed by atoms with Gasteiger partial charge in [-0.1, -0.05) is 0 Å². The van der Waals surface area contributed by atoms with Crippen molar-refractivity contribution in [2.75, 3.05) is 24.6 Å². The zero-order chi connectivity index (χ0) is 17.1. The van der Waals surface area contributed by atoms with E-state index in [4.69, 9.17) is 3.97 Å². The van der Waals surface area contributed by atoms with E-state index in [-0.39, 0.29) is 0 Å². The predicted octanol–water partition coefficient (Wildman–Crippen LogP) is 5.47. The van der Waals surface area contributed by atoms with Crippen molar-refractivity contribution >= 4 is 17.2 Å². The first-order chi connectivity index (χ1) is 10.3. The molecule has 0 spiro atoms. The summed E-state index contributed by atoms with van der Waals surface area (Å²) in [7, 11) is -4.40. The Bertz CT molecular complexity index is 351. The molecule has 136 valence electrons. The van der Waals surface area contributed by atoms with E-state index in [0.29, 0.717) is 0 Å². The van der Waals surface area contributed by atoms with Crippen molar-refractivity contribution in [3.8, 4) is 0 Å². The molecule has 6 heteroatoms. The molecule has 0 aliphatic heterocycles. The third-order valence-corrected chi connectivity index (χ3v) is 12.8. The molecule has 0 amide bonds. The van der Waals surface area contributed by atoms with Gasteiger partial charge in [-0.2, -0.15) is 0 Å². The molecule has 4 nitrogen and oxygen atoms in total. The molecular formula is C16H37O4PS. The summed E-state index contributed by atoms with van der Waals surface area (Å²) >= 11 is 0. The van der Waals surface area contributed by atoms with Gasteiger partial charge < -0.3 is 0 Å². The fourth-order valence-electron chi connectivity index (χ4n) is 3.32. The van der Waals surface area contributed by atoms with E-state index < -0.39 is 17.2 Å². The van der Waals surface area contributed by atoms with Gasteiger partial charge in [0.1, 0.15) is 0 Å². The van der Waals surface area contributed by atoms with Crippen molar-refractivity contribution in [1.82, 2.24) is 0 Å². The van der Waals surface area contributed by atoms with Crippen LogP contribution in [0.15, 0.2) is 0 Å². The normalized spacial score (nSPS) is 14.7. The standard InChI is InChI=1S/C16H37O4PS/c1-5-9-13-21(14-10-6-2,15-11-7-3,16-12-8-4)20-22(17,18)19/h5-16H2,1-4H3,(H,17,18,19). The predicted molar refractivity (Wildman–Crippen MR) is 98.7 cm³/mol. The molecule has 22 heavy (non-hydrogen) atoms. The van der Waals surface area contributed by atoms with E-state index in [1.165, 1.54) is 0 Å². The van der Waals surface area contributed by atoms with Crippen LogP contribution in [0.3, 0.4) is 0 Å². The Morgan fingerprint density at radius 1 is 0.727 bits per heavy atom. The minimum atomic E-state index is -4.40. The van der Waals surface area contributed by atoms with E-state index in [1.807, 2.05) is 0 Å². The maximum absolute atomic E-state index is 11.7. The Balaban J connectivity index is 5.76. The summed E-state index contributed by atoms with van der Waals surface area (Å²) in [6.45, 7) is 5.60. The summed E-state index contributed by atoms with van der Waals surface area (Å²) in [5, 5.41) is 0. The van der Waals surface area contributed by atoms with Gasteiger partial charge in [-0.3, -0.25) is 0 Å². The summed E-state index contributed by atoms with van der Waals surface area (Å²) < 4.78 is 38.5. The average Bonchev–Trinajstić information content (AvgIpc) is 2.46. The molecule has 0 aromatic rings. The molecule has 0 aliphatic carbocycles. The molecule has 0 saturated heterocycles. The molecule has 0 aliphatic rings. The molecule has 0 aromatic heterocycles. The molecule has 0 aromatic carbocycles. The van der Waals surface area contributed by atoms with Crippen LogP contribution in [-0.4, -0.2) is 37.6 Å². The van der Waals surface area contributed by atoms with Crippen LogP contribution in [0, 0.1) is 0 Å². The van der Waals surface area contributed by atoms with Crippen LogP contribution in [0.25, 0.3) is 0 Å². The fourth-order valence-corrected chi connectivity index (χ4v) is 12.4. The first kappa shape index (κ1) is 22.3. The summed E-state index contributed by atoms with van der Waals surface area (Å²) in [5.74, 6) is 0. The molecule has 0 bridgehead atoms. The second-order valence-electron chi connectivity index (χ2n) is 6.67. The fraction of sp³-hybridized carbons (Fsp3) is 1.00. The first-order valence-corrected chi connectivity index (χ1v) is 13.2. The number of unbranched alkanes of at least 4 members (excludes halogenated alkanes) is 4. The summed E-state index contributed by atoms with van der Waals surface area (Å²) in [6.07, 6.45) is 11.3. The molecular weight excluding hydrogens is 319 g/mol. The number of hydrogen-bond donors (Lipinski definition) is 1. The van der Waals surface area contributed by atoms with E-state index >= 15 is 0 Å². The van der Waals surface area contributed by atoms with Crippen molar-refractivity contribution in [3.63, 3.8) is 0 Å². The van der Waals surface area contributed by atoms with Crippen molar-refractivity contribution in [2.45, 2.75) is 79.1 Å². The van der Waals surface area contributed by atoms with Gasteiger partial charge in [0.2, 0.25) is 0 Å². The monoisotopic (exact) mass is 356 g/mol. The molecule has 0 heterocycles. The Morgan fingerprint density at radius 3 is 1.18 bits per heavy atom. The van der Waals surface area contributed by atoms with Crippen LogP contribution in [-0.2, 0) is 14.4 Å². The number of hydrogen-bond acceptors (Lipinski definition) is 3. The summed E-state index contributed by atoms with van der Waals surface area (Å²) in [6, 6.07) is 0. The van der Waals surface area contributed by atoms with Crippen LogP contribution >= 0.6 is 6.83 Å². The second kappa shape index (κ2) is 10.2. The Kier molecular flexibility index (Phi) is 10.4. The Morgan fingerprint density at radius 2 is 1.00 bits per heavy atom. The molecule has 1 N–H and O–H groups in total. The third kappa shape index (κ3) is 7.72. The van der Waals surface area contributed by atoms with Crippen molar-refractivity contribution in [2.24, 2.45) is 0 Å². The van der Waals surface area contributed by atoms with Gasteiger partial charge in [0, 0.05) is 0 Å². The zero-order valence-corrected chi connectivity index (χ0v) is 16.7. The van der Waals surface area contributed by atoms with Crippen LogP contribution < -0.4 is 0 Å². The maximum atomic E-state index is 11.7. The Hall–Kier alpha value is 0.300. The van der Waals surface area contributed by atoms with Crippen LogP contribution in [0.1, 0.15) is 79.1 Å². The van der Waals surface area contributed by atoms with Crippen molar-refractivity contribution < 1.29 is 16.9 Å². The zero-order valence-electron chi connectivity index (χ0n) is 15.0. The molecule has 0 radical (unpaired) electrons. The summed E-state index contributed by atoms with van der Waals surface area (Å²) in [5.41, 5.74) is 0. The molecule has 0 fully saturated rings. The molecule has 0 unspecified atom stereocenters. The second-order valence-corrected chi connectivity index (χ2v) is 13.6. The molecule has 0 rings (SSSR count). The van der Waals surface area contributed by atoms with Gasteiger partial charge in [0.05, 0.1) is 0 Å². The van der Waals surface area contributed by atoms with Crippen LogP contribution in [0.5, 0.6) is 0 Å². The van der Waals surface area contributed by atoms with Gasteiger partial charge in [-0.25, -0.2) is 0 Å². The first-order valence-electron chi connectivity index (χ1n) is 8.96. The Labute approximate surface area is 138 Å². The van der Waals surface area contributed by atoms with Gasteiger partial charge >= 0.3 is 138 Å². The van der Waals surface area contributed by atoms with E-state index in [2.05, 4.69) is 27.7 Å². The third-order valence-electron chi connectivity index (χ3n) is 4.61. The molecule has 0 saturated carbocycles. The van der Waals surface area contributed by atoms with Crippen molar-refractivity contribution in [1.29, 1.82) is 0 Å². The van der Waals surface area contributed by atoms with E-state index in [9.17, 15) is 13.0 Å². The van der Waals surface area contributed by atoms with E-state index in [0.717, 1.165) is 76.0 Å². The molecule has 0 atom stereocenters. The number of rotatable bonds is 14. The van der Waals surface area contributed by atoms with Crippen molar-refractivity contribution in [3.05, 3.63) is 0 Å². The van der Waals surface area contributed by atoms with Gasteiger partial charge in [-0.15, -0.1) is 0 Å². The van der Waals surface area contributed by atoms with Gasteiger partial charge in [0.25, 0.3) is 0 Å². The quantitative estimate of drug-likeness (QED) is 0.331.